The van der Waals surface area contributed by atoms with Crippen molar-refractivity contribution in [3.05, 3.63) is 29.8 Å². The molecule has 3 fully saturated rings. The highest BCUT2D eigenvalue weighted by atomic mass is 16.5. The standard InChI is InChI=1S/C24H33N3O4/c1-4-25-14-11-24(22(25)30)17-27(18(2)28)16-23(24)9-12-26(13-10-23)21(29)15-19-5-7-20(31-3)8-6-19/h5-8H,4,9-17H2,1-3H3. The molecule has 2 spiro atoms. The number of ether oxygens (including phenoxy) is 1. The van der Waals surface area contributed by atoms with Gasteiger partial charge in [0.05, 0.1) is 18.9 Å². The van der Waals surface area contributed by atoms with Crippen LogP contribution in [0.5, 0.6) is 5.75 Å². The van der Waals surface area contributed by atoms with E-state index in [4.69, 9.17) is 4.74 Å². The number of carbonyl (C=O) groups excluding carboxylic acids is 3. The van der Waals surface area contributed by atoms with E-state index < -0.39 is 5.41 Å². The average molecular weight is 428 g/mol. The summed E-state index contributed by atoms with van der Waals surface area (Å²) in [5.41, 5.74) is 0.256. The Bertz CT molecular complexity index is 860. The zero-order valence-corrected chi connectivity index (χ0v) is 18.9. The fourth-order valence-corrected chi connectivity index (χ4v) is 5.92. The van der Waals surface area contributed by atoms with Gasteiger partial charge in [-0.05, 0) is 43.9 Å². The number of rotatable bonds is 4. The first kappa shape index (κ1) is 21.7. The smallest absolute Gasteiger partial charge is 0.231 e. The highest BCUT2D eigenvalue weighted by molar-refractivity contribution is 5.88. The van der Waals surface area contributed by atoms with Crippen molar-refractivity contribution in [2.45, 2.75) is 39.5 Å². The fourth-order valence-electron chi connectivity index (χ4n) is 5.92. The number of hydrogen-bond acceptors (Lipinski definition) is 4. The molecule has 0 aliphatic carbocycles. The molecule has 0 saturated carbocycles. The molecule has 1 aromatic rings. The molecule has 0 radical (unpaired) electrons. The van der Waals surface area contributed by atoms with Gasteiger partial charge in [-0.15, -0.1) is 0 Å². The quantitative estimate of drug-likeness (QED) is 0.737. The van der Waals surface area contributed by atoms with Gasteiger partial charge in [0, 0.05) is 51.6 Å². The Morgan fingerprint density at radius 2 is 1.68 bits per heavy atom. The van der Waals surface area contributed by atoms with Crippen LogP contribution in [0.1, 0.15) is 38.7 Å². The Labute approximate surface area is 184 Å². The van der Waals surface area contributed by atoms with Crippen LogP contribution in [0.2, 0.25) is 0 Å². The van der Waals surface area contributed by atoms with Gasteiger partial charge in [0.1, 0.15) is 5.75 Å². The second-order valence-corrected chi connectivity index (χ2v) is 9.28. The summed E-state index contributed by atoms with van der Waals surface area (Å²) in [7, 11) is 1.63. The molecule has 3 aliphatic heterocycles. The minimum Gasteiger partial charge on any atom is -0.497 e. The molecule has 3 amide bonds. The summed E-state index contributed by atoms with van der Waals surface area (Å²) in [5.74, 6) is 1.14. The van der Waals surface area contributed by atoms with Crippen molar-refractivity contribution in [1.29, 1.82) is 0 Å². The highest BCUT2D eigenvalue weighted by Crippen LogP contribution is 2.57. The van der Waals surface area contributed by atoms with Crippen molar-refractivity contribution in [3.63, 3.8) is 0 Å². The highest BCUT2D eigenvalue weighted by Gasteiger charge is 2.65. The van der Waals surface area contributed by atoms with E-state index in [1.54, 1.807) is 14.0 Å². The molecule has 1 atom stereocenters. The van der Waals surface area contributed by atoms with Crippen molar-refractivity contribution < 1.29 is 19.1 Å². The van der Waals surface area contributed by atoms with Crippen LogP contribution in [0.15, 0.2) is 24.3 Å². The third-order valence-corrected chi connectivity index (χ3v) is 7.89. The van der Waals surface area contributed by atoms with E-state index in [9.17, 15) is 14.4 Å². The Balaban J connectivity index is 1.47. The summed E-state index contributed by atoms with van der Waals surface area (Å²) in [6, 6.07) is 7.60. The molecule has 1 aromatic carbocycles. The van der Waals surface area contributed by atoms with Gasteiger partial charge < -0.3 is 19.4 Å². The lowest BCUT2D eigenvalue weighted by atomic mass is 9.60. The number of likely N-dealkylation sites (tertiary alicyclic amines) is 3. The molecule has 31 heavy (non-hydrogen) atoms. The van der Waals surface area contributed by atoms with E-state index in [1.807, 2.05) is 45.9 Å². The monoisotopic (exact) mass is 427 g/mol. The summed E-state index contributed by atoms with van der Waals surface area (Å²) >= 11 is 0. The Morgan fingerprint density at radius 3 is 2.23 bits per heavy atom. The topological polar surface area (TPSA) is 70.2 Å². The Kier molecular flexibility index (Phi) is 5.71. The van der Waals surface area contributed by atoms with Crippen LogP contribution < -0.4 is 4.74 Å². The van der Waals surface area contributed by atoms with E-state index in [-0.39, 0.29) is 23.1 Å². The van der Waals surface area contributed by atoms with E-state index in [1.165, 1.54) is 0 Å². The molecule has 0 aromatic heterocycles. The van der Waals surface area contributed by atoms with Crippen LogP contribution in [-0.2, 0) is 20.8 Å². The number of nitrogens with zero attached hydrogens (tertiary/aromatic N) is 3. The van der Waals surface area contributed by atoms with E-state index in [2.05, 4.69) is 0 Å². The molecular weight excluding hydrogens is 394 g/mol. The lowest BCUT2D eigenvalue weighted by Gasteiger charge is -2.46. The van der Waals surface area contributed by atoms with Crippen molar-refractivity contribution >= 4 is 17.7 Å². The predicted molar refractivity (Wildman–Crippen MR) is 117 cm³/mol. The number of carbonyl (C=O) groups is 3. The Hall–Kier alpha value is -2.57. The fraction of sp³-hybridized carbons (Fsp3) is 0.625. The molecular formula is C24H33N3O4. The first-order valence-electron chi connectivity index (χ1n) is 11.3. The van der Waals surface area contributed by atoms with Crippen molar-refractivity contribution in [2.24, 2.45) is 10.8 Å². The van der Waals surface area contributed by atoms with Crippen LogP contribution in [0.3, 0.4) is 0 Å². The minimum atomic E-state index is -0.486. The van der Waals surface area contributed by atoms with Crippen LogP contribution >= 0.6 is 0 Å². The van der Waals surface area contributed by atoms with Gasteiger partial charge in [0.2, 0.25) is 17.7 Å². The van der Waals surface area contributed by atoms with Crippen LogP contribution in [-0.4, -0.2) is 78.8 Å². The van der Waals surface area contributed by atoms with Crippen LogP contribution in [0.25, 0.3) is 0 Å². The van der Waals surface area contributed by atoms with Gasteiger partial charge in [-0.2, -0.15) is 0 Å². The van der Waals surface area contributed by atoms with E-state index in [0.717, 1.165) is 37.1 Å². The normalized spacial score (nSPS) is 25.0. The summed E-state index contributed by atoms with van der Waals surface area (Å²) in [6.07, 6.45) is 2.72. The summed E-state index contributed by atoms with van der Waals surface area (Å²) in [6.45, 7) is 7.53. The van der Waals surface area contributed by atoms with Gasteiger partial charge in [-0.3, -0.25) is 14.4 Å². The molecule has 0 N–H and O–H groups in total. The molecule has 7 nitrogen and oxygen atoms in total. The molecule has 0 bridgehead atoms. The maximum atomic E-state index is 13.4. The average Bonchev–Trinajstić information content (AvgIpc) is 3.27. The third kappa shape index (κ3) is 3.58. The van der Waals surface area contributed by atoms with Crippen LogP contribution in [0, 0.1) is 10.8 Å². The molecule has 1 unspecified atom stereocenters. The van der Waals surface area contributed by atoms with Crippen LogP contribution in [0.4, 0.5) is 0 Å². The van der Waals surface area contributed by atoms with E-state index >= 15 is 0 Å². The summed E-state index contributed by atoms with van der Waals surface area (Å²) in [4.78, 5) is 44.3. The zero-order valence-electron chi connectivity index (χ0n) is 18.9. The number of methoxy groups -OCH3 is 1. The zero-order chi connectivity index (χ0) is 22.2. The SMILES string of the molecule is CCN1CCC2(CN(C(C)=O)CC23CCN(C(=O)Cc2ccc(OC)cc2)CC3)C1=O. The third-order valence-electron chi connectivity index (χ3n) is 7.89. The first-order valence-corrected chi connectivity index (χ1v) is 11.3. The lowest BCUT2D eigenvalue weighted by molar-refractivity contribution is -0.143. The van der Waals surface area contributed by atoms with Crippen molar-refractivity contribution in [2.75, 3.05) is 46.4 Å². The molecule has 3 aliphatic rings. The maximum Gasteiger partial charge on any atom is 0.231 e. The summed E-state index contributed by atoms with van der Waals surface area (Å²) < 4.78 is 5.19. The maximum absolute atomic E-state index is 13.4. The number of benzene rings is 1. The van der Waals surface area contributed by atoms with Gasteiger partial charge in [-0.1, -0.05) is 12.1 Å². The molecule has 3 heterocycles. The lowest BCUT2D eigenvalue weighted by Crippen LogP contribution is -2.53. The molecule has 7 heteroatoms. The van der Waals surface area contributed by atoms with Gasteiger partial charge >= 0.3 is 0 Å². The minimum absolute atomic E-state index is 0.0389. The summed E-state index contributed by atoms with van der Waals surface area (Å²) in [5, 5.41) is 0. The molecule has 168 valence electrons. The Morgan fingerprint density at radius 1 is 1.00 bits per heavy atom. The number of amides is 3. The van der Waals surface area contributed by atoms with Crippen molar-refractivity contribution in [1.82, 2.24) is 14.7 Å². The van der Waals surface area contributed by atoms with Gasteiger partial charge in [0.25, 0.3) is 0 Å². The molecule has 3 saturated heterocycles. The molecule has 4 rings (SSSR count). The largest absolute Gasteiger partial charge is 0.497 e. The first-order chi connectivity index (χ1) is 14.8. The second kappa shape index (κ2) is 8.17. The number of piperidine rings is 1. The van der Waals surface area contributed by atoms with Gasteiger partial charge in [0.15, 0.2) is 0 Å². The number of hydrogen-bond donors (Lipinski definition) is 0. The predicted octanol–water partition coefficient (Wildman–Crippen LogP) is 1.95. The number of fused-ring (bicyclic) bond motifs is 1. The van der Waals surface area contributed by atoms with Gasteiger partial charge in [-0.25, -0.2) is 0 Å². The van der Waals surface area contributed by atoms with Crippen molar-refractivity contribution in [3.8, 4) is 5.75 Å². The van der Waals surface area contributed by atoms with E-state index in [0.29, 0.717) is 39.1 Å². The second-order valence-electron chi connectivity index (χ2n) is 9.28.